The summed E-state index contributed by atoms with van der Waals surface area (Å²) in [5.41, 5.74) is 0.927. The first kappa shape index (κ1) is 11.2. The second kappa shape index (κ2) is 4.28. The highest BCUT2D eigenvalue weighted by Gasteiger charge is 2.37. The van der Waals surface area contributed by atoms with E-state index in [1.807, 2.05) is 18.1 Å². The molecule has 1 aliphatic carbocycles. The Kier molecular flexibility index (Phi) is 2.99. The van der Waals surface area contributed by atoms with Crippen LogP contribution < -0.4 is 0 Å². The van der Waals surface area contributed by atoms with E-state index in [9.17, 15) is 4.79 Å². The molecule has 0 aliphatic heterocycles. The molecule has 0 aromatic carbocycles. The van der Waals surface area contributed by atoms with Crippen LogP contribution in [0.4, 0.5) is 0 Å². The van der Waals surface area contributed by atoms with Crippen LogP contribution in [0.1, 0.15) is 38.2 Å². The Morgan fingerprint density at radius 2 is 2.25 bits per heavy atom. The molecule has 1 heterocycles. The maximum Gasteiger partial charge on any atom is 0.228 e. The molecular weight excluding hydrogens is 202 g/mol. The maximum absolute atomic E-state index is 12.3. The van der Waals surface area contributed by atoms with Crippen molar-refractivity contribution in [3.63, 3.8) is 0 Å². The fourth-order valence-electron chi connectivity index (χ4n) is 2.54. The minimum absolute atomic E-state index is 0.127. The van der Waals surface area contributed by atoms with Gasteiger partial charge in [-0.15, -0.1) is 0 Å². The molecule has 1 saturated carbocycles. The first-order chi connectivity index (χ1) is 7.62. The normalized spacial score (nSPS) is 18.6. The van der Waals surface area contributed by atoms with Gasteiger partial charge < -0.3 is 4.90 Å². The van der Waals surface area contributed by atoms with Crippen molar-refractivity contribution in [3.8, 4) is 0 Å². The summed E-state index contributed by atoms with van der Waals surface area (Å²) in [5.74, 6) is 0.270. The number of hydrogen-bond donors (Lipinski definition) is 1. The SMILES string of the molecule is CN(Cc1cn[nH]c1)C(=O)C1(C)CCCC1. The standard InChI is InChI=1S/C12H19N3O/c1-12(5-3-4-6-12)11(16)15(2)9-10-7-13-14-8-10/h7-8H,3-6,9H2,1-2H3,(H,13,14). The number of aromatic amines is 1. The Bertz CT molecular complexity index is 352. The largest absolute Gasteiger partial charge is 0.341 e. The quantitative estimate of drug-likeness (QED) is 0.848. The second-order valence-corrected chi connectivity index (χ2v) is 5.04. The highest BCUT2D eigenvalue weighted by atomic mass is 16.2. The first-order valence-corrected chi connectivity index (χ1v) is 5.85. The predicted octanol–water partition coefficient (Wildman–Crippen LogP) is 1.95. The van der Waals surface area contributed by atoms with Crippen molar-refractivity contribution in [2.24, 2.45) is 5.41 Å². The third-order valence-electron chi connectivity index (χ3n) is 3.54. The van der Waals surface area contributed by atoms with E-state index in [1.54, 1.807) is 6.20 Å². The summed E-state index contributed by atoms with van der Waals surface area (Å²) < 4.78 is 0. The van der Waals surface area contributed by atoms with Gasteiger partial charge in [0.2, 0.25) is 5.91 Å². The number of nitrogens with zero attached hydrogens (tertiary/aromatic N) is 2. The lowest BCUT2D eigenvalue weighted by Gasteiger charge is -2.28. The smallest absolute Gasteiger partial charge is 0.228 e. The highest BCUT2D eigenvalue weighted by Crippen LogP contribution is 2.39. The van der Waals surface area contributed by atoms with Crippen LogP contribution >= 0.6 is 0 Å². The summed E-state index contributed by atoms with van der Waals surface area (Å²) in [6.07, 6.45) is 8.02. The summed E-state index contributed by atoms with van der Waals surface area (Å²) >= 11 is 0. The van der Waals surface area contributed by atoms with Gasteiger partial charge in [0.25, 0.3) is 0 Å². The Labute approximate surface area is 96.0 Å². The minimum atomic E-state index is -0.127. The van der Waals surface area contributed by atoms with Crippen LogP contribution in [0.2, 0.25) is 0 Å². The van der Waals surface area contributed by atoms with Crippen molar-refractivity contribution >= 4 is 5.91 Å². The molecular formula is C12H19N3O. The molecule has 16 heavy (non-hydrogen) atoms. The molecule has 0 spiro atoms. The average Bonchev–Trinajstić information content (AvgIpc) is 2.89. The number of hydrogen-bond acceptors (Lipinski definition) is 2. The summed E-state index contributed by atoms with van der Waals surface area (Å²) in [7, 11) is 1.87. The van der Waals surface area contributed by atoms with Gasteiger partial charge >= 0.3 is 0 Å². The molecule has 1 fully saturated rings. The summed E-state index contributed by atoms with van der Waals surface area (Å²) in [4.78, 5) is 14.1. The molecule has 4 heteroatoms. The molecule has 0 unspecified atom stereocenters. The zero-order valence-corrected chi connectivity index (χ0v) is 9.99. The van der Waals surface area contributed by atoms with Crippen molar-refractivity contribution in [1.82, 2.24) is 15.1 Å². The average molecular weight is 221 g/mol. The van der Waals surface area contributed by atoms with E-state index in [0.29, 0.717) is 6.54 Å². The van der Waals surface area contributed by atoms with Gasteiger partial charge in [-0.2, -0.15) is 5.10 Å². The van der Waals surface area contributed by atoms with Crippen LogP contribution in [0.3, 0.4) is 0 Å². The summed E-state index contributed by atoms with van der Waals surface area (Å²) in [6.45, 7) is 2.74. The van der Waals surface area contributed by atoms with Gasteiger partial charge in [-0.3, -0.25) is 9.89 Å². The first-order valence-electron chi connectivity index (χ1n) is 5.85. The lowest BCUT2D eigenvalue weighted by molar-refractivity contribution is -0.140. The van der Waals surface area contributed by atoms with Gasteiger partial charge in [-0.25, -0.2) is 0 Å². The van der Waals surface area contributed by atoms with Gasteiger partial charge in [0.05, 0.1) is 6.20 Å². The van der Waals surface area contributed by atoms with E-state index in [1.165, 1.54) is 12.8 Å². The van der Waals surface area contributed by atoms with Crippen LogP contribution in [0.25, 0.3) is 0 Å². The molecule has 1 N–H and O–H groups in total. The number of aromatic nitrogens is 2. The molecule has 1 aromatic rings. The molecule has 1 aromatic heterocycles. The third-order valence-corrected chi connectivity index (χ3v) is 3.54. The molecule has 1 amide bonds. The number of rotatable bonds is 3. The Morgan fingerprint density at radius 3 is 2.81 bits per heavy atom. The van der Waals surface area contributed by atoms with E-state index in [0.717, 1.165) is 18.4 Å². The summed E-state index contributed by atoms with van der Waals surface area (Å²) in [5, 5.41) is 6.65. The van der Waals surface area contributed by atoms with Gasteiger partial charge in [-0.1, -0.05) is 19.8 Å². The van der Waals surface area contributed by atoms with Crippen molar-refractivity contribution in [2.45, 2.75) is 39.2 Å². The van der Waals surface area contributed by atoms with Crippen LogP contribution in [0.15, 0.2) is 12.4 Å². The number of nitrogens with one attached hydrogen (secondary N) is 1. The lowest BCUT2D eigenvalue weighted by Crippen LogP contribution is -2.38. The van der Waals surface area contributed by atoms with Crippen LogP contribution in [-0.4, -0.2) is 28.1 Å². The van der Waals surface area contributed by atoms with Crippen molar-refractivity contribution in [1.29, 1.82) is 0 Å². The predicted molar refractivity (Wildman–Crippen MR) is 61.6 cm³/mol. The van der Waals surface area contributed by atoms with E-state index < -0.39 is 0 Å². The van der Waals surface area contributed by atoms with Gasteiger partial charge in [0.15, 0.2) is 0 Å². The van der Waals surface area contributed by atoms with Gasteiger partial charge in [0.1, 0.15) is 0 Å². The lowest BCUT2D eigenvalue weighted by atomic mass is 9.87. The van der Waals surface area contributed by atoms with Crippen LogP contribution in [0, 0.1) is 5.41 Å². The van der Waals surface area contributed by atoms with E-state index >= 15 is 0 Å². The van der Waals surface area contributed by atoms with Gasteiger partial charge in [-0.05, 0) is 12.8 Å². The van der Waals surface area contributed by atoms with E-state index in [2.05, 4.69) is 17.1 Å². The number of carbonyl (C=O) groups is 1. The molecule has 0 radical (unpaired) electrons. The van der Waals surface area contributed by atoms with Crippen LogP contribution in [0.5, 0.6) is 0 Å². The number of amides is 1. The molecule has 0 bridgehead atoms. The van der Waals surface area contributed by atoms with Gasteiger partial charge in [0, 0.05) is 30.8 Å². The molecule has 4 nitrogen and oxygen atoms in total. The monoisotopic (exact) mass is 221 g/mol. The molecule has 1 aliphatic rings. The third kappa shape index (κ3) is 2.10. The zero-order chi connectivity index (χ0) is 11.6. The molecule has 88 valence electrons. The molecule has 0 atom stereocenters. The minimum Gasteiger partial charge on any atom is -0.341 e. The zero-order valence-electron chi connectivity index (χ0n) is 9.99. The fraction of sp³-hybridized carbons (Fsp3) is 0.667. The van der Waals surface area contributed by atoms with Crippen LogP contribution in [-0.2, 0) is 11.3 Å². The maximum atomic E-state index is 12.3. The Balaban J connectivity index is 1.99. The highest BCUT2D eigenvalue weighted by molar-refractivity contribution is 5.82. The fourth-order valence-corrected chi connectivity index (χ4v) is 2.54. The molecule has 0 saturated heterocycles. The number of carbonyl (C=O) groups excluding carboxylic acids is 1. The topological polar surface area (TPSA) is 49.0 Å². The Morgan fingerprint density at radius 1 is 1.56 bits per heavy atom. The summed E-state index contributed by atoms with van der Waals surface area (Å²) in [6, 6.07) is 0. The Hall–Kier alpha value is -1.32. The van der Waals surface area contributed by atoms with Crippen molar-refractivity contribution in [3.05, 3.63) is 18.0 Å². The van der Waals surface area contributed by atoms with E-state index in [4.69, 9.17) is 0 Å². The second-order valence-electron chi connectivity index (χ2n) is 5.04. The number of H-pyrrole nitrogens is 1. The van der Waals surface area contributed by atoms with E-state index in [-0.39, 0.29) is 11.3 Å². The molecule has 2 rings (SSSR count). The van der Waals surface area contributed by atoms with Crippen molar-refractivity contribution < 1.29 is 4.79 Å². The van der Waals surface area contributed by atoms with Crippen molar-refractivity contribution in [2.75, 3.05) is 7.05 Å².